The third-order valence-electron chi connectivity index (χ3n) is 0. The van der Waals surface area contributed by atoms with Crippen LogP contribution in [0.1, 0.15) is 0 Å². The monoisotopic (exact) mass is 68.1 g/mol. The normalized spacial score (nSPS) is 4.00. The molecule has 0 aromatic rings. The predicted molar refractivity (Wildman–Crippen MR) is 27.4 cm³/mol. The van der Waals surface area contributed by atoms with E-state index in [0.29, 0.717) is 0 Å². The van der Waals surface area contributed by atoms with Gasteiger partial charge in [-0.25, -0.2) is 0 Å². The maximum absolute atomic E-state index is 2.14. The Balaban J connectivity index is 0. The van der Waals surface area contributed by atoms with Crippen LogP contribution < -0.4 is 0 Å². The Bertz CT molecular complexity index is 6.00. The molecule has 0 spiro atoms. The van der Waals surface area contributed by atoms with E-state index in [1.807, 2.05) is 23.3 Å². The Labute approximate surface area is 40.6 Å². The van der Waals surface area contributed by atoms with E-state index in [4.69, 9.17) is 0 Å². The Morgan fingerprint density at radius 2 is 1.25 bits per heavy atom. The van der Waals surface area contributed by atoms with Gasteiger partial charge in [-0.05, 0) is 10.2 Å². The quantitative estimate of drug-likeness (QED) is 0.339. The van der Waals surface area contributed by atoms with Crippen molar-refractivity contribution in [1.82, 2.24) is 0 Å². The molecule has 4 heavy (non-hydrogen) atoms. The Hall–Kier alpha value is 0.814. The van der Waals surface area contributed by atoms with E-state index in [2.05, 4.69) is 6.55 Å². The molecule has 0 bridgehead atoms. The summed E-state index contributed by atoms with van der Waals surface area (Å²) < 4.78 is 0. The Morgan fingerprint density at radius 1 is 1.25 bits per heavy atom. The van der Waals surface area contributed by atoms with Gasteiger partial charge in [-0.15, -0.1) is 0 Å². The average Bonchev–Trinajstić information content (AvgIpc) is 1.50. The summed E-state index contributed by atoms with van der Waals surface area (Å²) in [7, 11) is 1.31. The molecule has 2 heteroatoms. The predicted octanol–water partition coefficient (Wildman–Crippen LogP) is -0.397. The van der Waals surface area contributed by atoms with E-state index in [1.54, 1.807) is 0 Å². The zero-order valence-electron chi connectivity index (χ0n) is 4.00. The first kappa shape index (κ1) is 8.84. The fourth-order valence-electron chi connectivity index (χ4n) is 0. The number of hydrogen-bond donors (Lipinski definition) is 0. The third-order valence-corrected chi connectivity index (χ3v) is 0. The first-order chi connectivity index (χ1) is 2.00. The van der Waals surface area contributed by atoms with Crippen LogP contribution >= 0.6 is 0 Å². The molecule has 0 radical (unpaired) electrons. The molecule has 0 aliphatic carbocycles. The fraction of sp³-hybridized carbons (Fsp3) is 1.00. The molecule has 0 aliphatic rings. The summed E-state index contributed by atoms with van der Waals surface area (Å²) in [5.74, 6) is 0. The van der Waals surface area contributed by atoms with Crippen LogP contribution in [0.25, 0.3) is 0 Å². The van der Waals surface area contributed by atoms with Crippen molar-refractivity contribution in [3.05, 3.63) is 0 Å². The molecule has 0 heterocycles. The van der Waals surface area contributed by atoms with Crippen molar-refractivity contribution >= 4 is 28.0 Å². The summed E-state index contributed by atoms with van der Waals surface area (Å²) in [6.45, 7) is 2.14. The molecule has 0 amide bonds. The van der Waals surface area contributed by atoms with Crippen molar-refractivity contribution in [3.8, 4) is 0 Å². The topological polar surface area (TPSA) is 0 Å². The fourth-order valence-corrected chi connectivity index (χ4v) is 0. The first-order valence-corrected chi connectivity index (χ1v) is 4.00. The van der Waals surface area contributed by atoms with Gasteiger partial charge in [0.2, 0.25) is 0 Å². The molecule has 0 rings (SSSR count). The molecular weight excluding hydrogens is 59.0 g/mol. The van der Waals surface area contributed by atoms with Gasteiger partial charge >= 0.3 is 23.3 Å². The molecule has 0 aromatic heterocycles. The summed E-state index contributed by atoms with van der Waals surface area (Å²) >= 11 is 2.00. The van der Waals surface area contributed by atoms with Crippen molar-refractivity contribution in [1.29, 1.82) is 0 Å². The molecule has 0 aliphatic heterocycles. The van der Waals surface area contributed by atoms with Crippen LogP contribution in [0, 0.1) is 0 Å². The van der Waals surface area contributed by atoms with Gasteiger partial charge in [0.25, 0.3) is 0 Å². The Kier molecular flexibility index (Phi) is 101. The summed E-state index contributed by atoms with van der Waals surface area (Å²) in [5, 5.41) is 0. The van der Waals surface area contributed by atoms with Crippen LogP contribution in [0.2, 0.25) is 12.1 Å². The molecule has 0 nitrogen and oxygen atoms in total. The van der Waals surface area contributed by atoms with Crippen molar-refractivity contribution in [3.63, 3.8) is 0 Å². The number of rotatable bonds is 0. The first-order valence-electron chi connectivity index (χ1n) is 2.00. The van der Waals surface area contributed by atoms with Crippen molar-refractivity contribution in [2.75, 3.05) is 0 Å². The van der Waals surface area contributed by atoms with Crippen LogP contribution in [0.5, 0.6) is 0 Å². The second kappa shape index (κ2) is 45.6. The molecular formula is C2H9LiSi. The molecule has 0 N–H and O–H groups in total. The molecule has 0 saturated carbocycles. The van der Waals surface area contributed by atoms with Crippen LogP contribution in [0.4, 0.5) is 0 Å². The van der Waals surface area contributed by atoms with E-state index < -0.39 is 0 Å². The maximum atomic E-state index is 2.14. The zero-order chi connectivity index (χ0) is 4.00. The minimum atomic E-state index is 1.31. The molecule has 0 unspecified atom stereocenters. The van der Waals surface area contributed by atoms with E-state index in [0.717, 1.165) is 0 Å². The van der Waals surface area contributed by atoms with E-state index in [-0.39, 0.29) is 0 Å². The van der Waals surface area contributed by atoms with Crippen LogP contribution in [-0.4, -0.2) is 28.0 Å². The van der Waals surface area contributed by atoms with Gasteiger partial charge in [-0.2, -0.15) is 0 Å². The SMILES string of the molecule is C[SiH3].[Li][CH3]. The second-order valence-corrected chi connectivity index (χ2v) is 0. The molecule has 0 saturated heterocycles. The molecule has 0 fully saturated rings. The van der Waals surface area contributed by atoms with E-state index >= 15 is 0 Å². The summed E-state index contributed by atoms with van der Waals surface area (Å²) in [6.07, 6.45) is 0. The summed E-state index contributed by atoms with van der Waals surface area (Å²) in [6, 6.07) is 0. The average molecular weight is 68.1 g/mol. The standard InChI is InChI=1S/CH6Si.CH3.Li/c1-2;;/h1-2H3;1H3;. The van der Waals surface area contributed by atoms with Gasteiger partial charge in [0, 0.05) is 0 Å². The van der Waals surface area contributed by atoms with Crippen molar-refractivity contribution in [2.24, 2.45) is 0 Å². The molecule has 22 valence electrons. The van der Waals surface area contributed by atoms with Gasteiger partial charge < -0.3 is 0 Å². The van der Waals surface area contributed by atoms with Gasteiger partial charge in [0.15, 0.2) is 0 Å². The molecule has 0 atom stereocenters. The van der Waals surface area contributed by atoms with E-state index in [1.165, 1.54) is 10.2 Å². The second-order valence-electron chi connectivity index (χ2n) is 0. The Morgan fingerprint density at radius 3 is 1.25 bits per heavy atom. The van der Waals surface area contributed by atoms with Crippen LogP contribution in [0.15, 0.2) is 0 Å². The van der Waals surface area contributed by atoms with Gasteiger partial charge in [0.1, 0.15) is 0 Å². The summed E-state index contributed by atoms with van der Waals surface area (Å²) in [5.41, 5.74) is 2.00. The van der Waals surface area contributed by atoms with E-state index in [9.17, 15) is 0 Å². The zero-order valence-corrected chi connectivity index (χ0v) is 6.00. The number of hydrogen-bond acceptors (Lipinski definition) is 0. The van der Waals surface area contributed by atoms with Gasteiger partial charge in [-0.3, -0.25) is 0 Å². The van der Waals surface area contributed by atoms with Crippen molar-refractivity contribution in [2.45, 2.75) is 12.1 Å². The summed E-state index contributed by atoms with van der Waals surface area (Å²) in [4.78, 5) is 0. The van der Waals surface area contributed by atoms with Crippen molar-refractivity contribution < 1.29 is 0 Å². The minimum absolute atomic E-state index is 1.31. The van der Waals surface area contributed by atoms with Crippen LogP contribution in [-0.2, 0) is 0 Å². The van der Waals surface area contributed by atoms with Gasteiger partial charge in [-0.1, -0.05) is 6.55 Å². The molecule has 0 aromatic carbocycles. The third kappa shape index (κ3) is 14.0. The van der Waals surface area contributed by atoms with Crippen LogP contribution in [0.3, 0.4) is 0 Å². The van der Waals surface area contributed by atoms with Gasteiger partial charge in [0.05, 0.1) is 0 Å².